The molecule has 2 rings (SSSR count). The fourth-order valence-electron chi connectivity index (χ4n) is 1.80. The SMILES string of the molecule is CCNCCc1ccc(S(=O)(=O)N(C)Cc2cscn2)s1. The third kappa shape index (κ3) is 4.33. The molecule has 5 nitrogen and oxygen atoms in total. The highest BCUT2D eigenvalue weighted by Gasteiger charge is 2.23. The Morgan fingerprint density at radius 3 is 2.86 bits per heavy atom. The topological polar surface area (TPSA) is 62.3 Å². The van der Waals surface area contributed by atoms with Crippen molar-refractivity contribution in [3.05, 3.63) is 33.6 Å². The highest BCUT2D eigenvalue weighted by atomic mass is 32.2. The first kappa shape index (κ1) is 16.6. The second-order valence-electron chi connectivity index (χ2n) is 4.57. The van der Waals surface area contributed by atoms with Crippen LogP contribution in [0, 0.1) is 0 Å². The van der Waals surface area contributed by atoms with E-state index in [1.807, 2.05) is 11.4 Å². The molecule has 21 heavy (non-hydrogen) atoms. The zero-order chi connectivity index (χ0) is 15.3. The van der Waals surface area contributed by atoms with Gasteiger partial charge in [0.05, 0.1) is 17.7 Å². The van der Waals surface area contributed by atoms with E-state index in [0.717, 1.165) is 30.1 Å². The van der Waals surface area contributed by atoms with Crippen LogP contribution in [-0.4, -0.2) is 37.8 Å². The molecule has 0 aliphatic rings. The first-order valence-corrected chi connectivity index (χ1v) is 9.86. The number of hydrogen-bond donors (Lipinski definition) is 1. The van der Waals surface area contributed by atoms with Gasteiger partial charge in [0.15, 0.2) is 0 Å². The Bertz CT molecular complexity index is 650. The maximum Gasteiger partial charge on any atom is 0.252 e. The Hall–Kier alpha value is -0.800. The number of nitrogens with zero attached hydrogens (tertiary/aromatic N) is 2. The molecular weight excluding hydrogens is 326 g/mol. The quantitative estimate of drug-likeness (QED) is 0.745. The average molecular weight is 346 g/mol. The summed E-state index contributed by atoms with van der Waals surface area (Å²) < 4.78 is 26.7. The predicted octanol–water partition coefficient (Wildman–Crippen LogP) is 2.18. The van der Waals surface area contributed by atoms with E-state index in [-0.39, 0.29) is 0 Å². The lowest BCUT2D eigenvalue weighted by atomic mass is 10.3. The standard InChI is InChI=1S/C13H19N3O2S3/c1-3-14-7-6-12-4-5-13(20-12)21(17,18)16(2)8-11-9-19-10-15-11/h4-5,9-10,14H,3,6-8H2,1-2H3. The molecule has 0 fully saturated rings. The highest BCUT2D eigenvalue weighted by molar-refractivity contribution is 7.91. The van der Waals surface area contributed by atoms with Crippen LogP contribution in [-0.2, 0) is 23.0 Å². The minimum Gasteiger partial charge on any atom is -0.317 e. The van der Waals surface area contributed by atoms with E-state index in [1.165, 1.54) is 27.0 Å². The van der Waals surface area contributed by atoms with Crippen LogP contribution in [0.5, 0.6) is 0 Å². The van der Waals surface area contributed by atoms with Gasteiger partial charge in [-0.1, -0.05) is 6.92 Å². The van der Waals surface area contributed by atoms with E-state index in [4.69, 9.17) is 0 Å². The number of sulfonamides is 1. The molecule has 2 heterocycles. The van der Waals surface area contributed by atoms with Gasteiger partial charge in [0.25, 0.3) is 10.0 Å². The Morgan fingerprint density at radius 2 is 2.19 bits per heavy atom. The smallest absolute Gasteiger partial charge is 0.252 e. The lowest BCUT2D eigenvalue weighted by molar-refractivity contribution is 0.464. The van der Waals surface area contributed by atoms with Crippen LogP contribution >= 0.6 is 22.7 Å². The Kier molecular flexibility index (Phi) is 5.88. The summed E-state index contributed by atoms with van der Waals surface area (Å²) >= 11 is 2.81. The number of thiazole rings is 1. The van der Waals surface area contributed by atoms with E-state index in [0.29, 0.717) is 10.8 Å². The summed E-state index contributed by atoms with van der Waals surface area (Å²) in [5.74, 6) is 0. The number of likely N-dealkylation sites (N-methyl/N-ethyl adjacent to an activating group) is 1. The summed E-state index contributed by atoms with van der Waals surface area (Å²) in [7, 11) is -1.84. The molecule has 0 saturated carbocycles. The van der Waals surface area contributed by atoms with Crippen molar-refractivity contribution < 1.29 is 8.42 Å². The molecule has 0 spiro atoms. The van der Waals surface area contributed by atoms with Crippen LogP contribution in [0.4, 0.5) is 0 Å². The van der Waals surface area contributed by atoms with E-state index >= 15 is 0 Å². The van der Waals surface area contributed by atoms with Gasteiger partial charge < -0.3 is 5.32 Å². The monoisotopic (exact) mass is 345 g/mol. The van der Waals surface area contributed by atoms with Crippen LogP contribution in [0.25, 0.3) is 0 Å². The molecule has 116 valence electrons. The van der Waals surface area contributed by atoms with Crippen LogP contribution in [0.1, 0.15) is 17.5 Å². The van der Waals surface area contributed by atoms with Gasteiger partial charge in [-0.05, 0) is 31.6 Å². The summed E-state index contributed by atoms with van der Waals surface area (Å²) in [5.41, 5.74) is 2.48. The van der Waals surface area contributed by atoms with Crippen molar-refractivity contribution in [3.63, 3.8) is 0 Å². The largest absolute Gasteiger partial charge is 0.317 e. The van der Waals surface area contributed by atoms with Crippen molar-refractivity contribution >= 4 is 32.7 Å². The van der Waals surface area contributed by atoms with Gasteiger partial charge in [-0.25, -0.2) is 13.4 Å². The normalized spacial score (nSPS) is 12.1. The van der Waals surface area contributed by atoms with Gasteiger partial charge in [-0.3, -0.25) is 0 Å². The zero-order valence-electron chi connectivity index (χ0n) is 12.1. The molecule has 0 unspecified atom stereocenters. The summed E-state index contributed by atoms with van der Waals surface area (Å²) in [5, 5.41) is 5.10. The van der Waals surface area contributed by atoms with Crippen molar-refractivity contribution in [2.24, 2.45) is 0 Å². The molecule has 0 amide bonds. The van der Waals surface area contributed by atoms with Crippen LogP contribution in [0.15, 0.2) is 27.2 Å². The third-order valence-corrected chi connectivity index (χ3v) is 7.02. The predicted molar refractivity (Wildman–Crippen MR) is 87.3 cm³/mol. The minimum atomic E-state index is -3.43. The lowest BCUT2D eigenvalue weighted by Crippen LogP contribution is -2.25. The van der Waals surface area contributed by atoms with Gasteiger partial charge in [-0.15, -0.1) is 22.7 Å². The molecule has 0 saturated heterocycles. The molecular formula is C13H19N3O2S3. The van der Waals surface area contributed by atoms with Crippen molar-refractivity contribution in [1.82, 2.24) is 14.6 Å². The van der Waals surface area contributed by atoms with Crippen LogP contribution in [0.3, 0.4) is 0 Å². The number of aromatic nitrogens is 1. The maximum atomic E-state index is 12.5. The minimum absolute atomic E-state index is 0.302. The second kappa shape index (κ2) is 7.46. The summed E-state index contributed by atoms with van der Waals surface area (Å²) in [4.78, 5) is 5.21. The first-order valence-electron chi connectivity index (χ1n) is 6.67. The van der Waals surface area contributed by atoms with Crippen LogP contribution in [0.2, 0.25) is 0 Å². The summed E-state index contributed by atoms with van der Waals surface area (Å²) in [6.07, 6.45) is 0.851. The van der Waals surface area contributed by atoms with Crippen molar-refractivity contribution in [2.45, 2.75) is 24.1 Å². The van der Waals surface area contributed by atoms with E-state index in [9.17, 15) is 8.42 Å². The lowest BCUT2D eigenvalue weighted by Gasteiger charge is -2.14. The van der Waals surface area contributed by atoms with Gasteiger partial charge in [0.1, 0.15) is 4.21 Å². The first-order chi connectivity index (χ1) is 10.0. The fraction of sp³-hybridized carbons (Fsp3) is 0.462. The van der Waals surface area contributed by atoms with Crippen molar-refractivity contribution in [2.75, 3.05) is 20.1 Å². The molecule has 0 aliphatic heterocycles. The Labute approximate surface area is 133 Å². The Morgan fingerprint density at radius 1 is 1.38 bits per heavy atom. The van der Waals surface area contributed by atoms with E-state index in [2.05, 4.69) is 17.2 Å². The molecule has 2 aromatic heterocycles. The molecule has 1 N–H and O–H groups in total. The molecule has 8 heteroatoms. The average Bonchev–Trinajstić information content (AvgIpc) is 3.10. The second-order valence-corrected chi connectivity index (χ2v) is 8.72. The third-order valence-electron chi connectivity index (χ3n) is 2.97. The van der Waals surface area contributed by atoms with Gasteiger partial charge in [0, 0.05) is 17.3 Å². The van der Waals surface area contributed by atoms with Crippen LogP contribution < -0.4 is 5.32 Å². The van der Waals surface area contributed by atoms with Crippen molar-refractivity contribution in [1.29, 1.82) is 0 Å². The molecule has 0 aromatic carbocycles. The van der Waals surface area contributed by atoms with Crippen molar-refractivity contribution in [3.8, 4) is 0 Å². The molecule has 0 aliphatic carbocycles. The van der Waals surface area contributed by atoms with E-state index < -0.39 is 10.0 Å². The van der Waals surface area contributed by atoms with Gasteiger partial charge in [-0.2, -0.15) is 4.31 Å². The molecule has 0 bridgehead atoms. The number of nitrogens with one attached hydrogen (secondary N) is 1. The summed E-state index contributed by atoms with van der Waals surface area (Å²) in [6.45, 7) is 4.15. The Balaban J connectivity index is 2.04. The number of thiophene rings is 1. The highest BCUT2D eigenvalue weighted by Crippen LogP contribution is 2.25. The van der Waals surface area contributed by atoms with Gasteiger partial charge >= 0.3 is 0 Å². The summed E-state index contributed by atoms with van der Waals surface area (Å²) in [6, 6.07) is 3.59. The molecule has 0 atom stereocenters. The van der Waals surface area contributed by atoms with Gasteiger partial charge in [0.2, 0.25) is 0 Å². The number of hydrogen-bond acceptors (Lipinski definition) is 6. The molecule has 2 aromatic rings. The van der Waals surface area contributed by atoms with E-state index in [1.54, 1.807) is 18.6 Å². The molecule has 0 radical (unpaired) electrons. The fourth-order valence-corrected chi connectivity index (χ4v) is 5.06. The maximum absolute atomic E-state index is 12.5. The number of rotatable bonds is 8. The zero-order valence-corrected chi connectivity index (χ0v) is 14.5.